The SMILES string of the molecule is CNC(c1ccc(F)cc1)C1CCOc2ccccc21. The molecule has 3 rings (SSSR count). The number of hydrogen-bond acceptors (Lipinski definition) is 2. The van der Waals surface area contributed by atoms with Crippen LogP contribution in [0.25, 0.3) is 0 Å². The van der Waals surface area contributed by atoms with E-state index >= 15 is 0 Å². The van der Waals surface area contributed by atoms with Crippen LogP contribution in [0.5, 0.6) is 5.75 Å². The van der Waals surface area contributed by atoms with Gasteiger partial charge in [-0.2, -0.15) is 0 Å². The largest absolute Gasteiger partial charge is 0.493 e. The molecule has 0 saturated heterocycles. The first-order valence-corrected chi connectivity index (χ1v) is 6.94. The van der Waals surface area contributed by atoms with Crippen molar-refractivity contribution in [3.8, 4) is 5.75 Å². The molecule has 1 aliphatic rings. The van der Waals surface area contributed by atoms with Gasteiger partial charge in [-0.1, -0.05) is 30.3 Å². The Labute approximate surface area is 118 Å². The highest BCUT2D eigenvalue weighted by Gasteiger charge is 2.28. The summed E-state index contributed by atoms with van der Waals surface area (Å²) in [5.74, 6) is 1.11. The zero-order chi connectivity index (χ0) is 13.9. The van der Waals surface area contributed by atoms with Gasteiger partial charge in [-0.25, -0.2) is 4.39 Å². The molecule has 0 amide bonds. The first-order chi connectivity index (χ1) is 9.79. The molecular formula is C17H18FNO. The number of nitrogens with one attached hydrogen (secondary N) is 1. The van der Waals surface area contributed by atoms with Gasteiger partial charge in [0.2, 0.25) is 0 Å². The molecule has 20 heavy (non-hydrogen) atoms. The monoisotopic (exact) mass is 271 g/mol. The standard InChI is InChI=1S/C17H18FNO/c1-19-17(12-6-8-13(18)9-7-12)15-10-11-20-16-5-3-2-4-14(15)16/h2-9,15,17,19H,10-11H2,1H3. The fourth-order valence-corrected chi connectivity index (χ4v) is 2.99. The second-order valence-corrected chi connectivity index (χ2v) is 5.10. The van der Waals surface area contributed by atoms with E-state index in [1.54, 1.807) is 0 Å². The molecule has 3 heteroatoms. The molecule has 2 atom stereocenters. The summed E-state index contributed by atoms with van der Waals surface area (Å²) >= 11 is 0. The molecule has 2 aromatic rings. The van der Waals surface area contributed by atoms with Gasteiger partial charge in [-0.15, -0.1) is 0 Å². The number of hydrogen-bond donors (Lipinski definition) is 1. The van der Waals surface area contributed by atoms with Crippen molar-refractivity contribution in [2.45, 2.75) is 18.4 Å². The highest BCUT2D eigenvalue weighted by atomic mass is 19.1. The molecule has 2 unspecified atom stereocenters. The third-order valence-electron chi connectivity index (χ3n) is 3.95. The van der Waals surface area contributed by atoms with Gasteiger partial charge in [0, 0.05) is 12.0 Å². The van der Waals surface area contributed by atoms with Gasteiger partial charge >= 0.3 is 0 Å². The third-order valence-corrected chi connectivity index (χ3v) is 3.95. The minimum Gasteiger partial charge on any atom is -0.493 e. The van der Waals surface area contributed by atoms with Crippen molar-refractivity contribution < 1.29 is 9.13 Å². The highest BCUT2D eigenvalue weighted by Crippen LogP contribution is 2.41. The van der Waals surface area contributed by atoms with Crippen LogP contribution in [0.15, 0.2) is 48.5 Å². The van der Waals surface area contributed by atoms with Crippen LogP contribution in [0.1, 0.15) is 29.5 Å². The second kappa shape index (κ2) is 5.63. The summed E-state index contributed by atoms with van der Waals surface area (Å²) in [4.78, 5) is 0. The fraction of sp³-hybridized carbons (Fsp3) is 0.294. The topological polar surface area (TPSA) is 21.3 Å². The van der Waals surface area contributed by atoms with E-state index in [-0.39, 0.29) is 11.9 Å². The van der Waals surface area contributed by atoms with Crippen LogP contribution >= 0.6 is 0 Å². The van der Waals surface area contributed by atoms with E-state index in [4.69, 9.17) is 4.74 Å². The normalized spacial score (nSPS) is 19.0. The Morgan fingerprint density at radius 2 is 1.90 bits per heavy atom. The molecule has 0 spiro atoms. The van der Waals surface area contributed by atoms with Crippen molar-refractivity contribution in [2.75, 3.05) is 13.7 Å². The van der Waals surface area contributed by atoms with Crippen molar-refractivity contribution in [3.63, 3.8) is 0 Å². The van der Waals surface area contributed by atoms with Crippen molar-refractivity contribution in [1.29, 1.82) is 0 Å². The summed E-state index contributed by atoms with van der Waals surface area (Å²) in [6.07, 6.45) is 0.958. The minimum absolute atomic E-state index is 0.167. The lowest BCUT2D eigenvalue weighted by atomic mass is 9.83. The molecule has 0 aliphatic carbocycles. The summed E-state index contributed by atoms with van der Waals surface area (Å²) < 4.78 is 18.8. The minimum atomic E-state index is -0.198. The fourth-order valence-electron chi connectivity index (χ4n) is 2.99. The maximum atomic E-state index is 13.1. The summed E-state index contributed by atoms with van der Waals surface area (Å²) in [6, 6.07) is 15.1. The Balaban J connectivity index is 1.96. The summed E-state index contributed by atoms with van der Waals surface area (Å²) in [7, 11) is 1.95. The van der Waals surface area contributed by atoms with Gasteiger partial charge in [-0.3, -0.25) is 0 Å². The zero-order valence-electron chi connectivity index (χ0n) is 11.5. The Bertz CT molecular complexity index is 582. The van der Waals surface area contributed by atoms with Gasteiger partial charge in [0.05, 0.1) is 6.61 Å². The van der Waals surface area contributed by atoms with Gasteiger partial charge in [0.15, 0.2) is 0 Å². The number of rotatable bonds is 3. The van der Waals surface area contributed by atoms with Crippen molar-refractivity contribution in [3.05, 3.63) is 65.5 Å². The van der Waals surface area contributed by atoms with E-state index in [9.17, 15) is 4.39 Å². The van der Waals surface area contributed by atoms with Gasteiger partial charge < -0.3 is 10.1 Å². The Morgan fingerprint density at radius 3 is 2.65 bits per heavy atom. The van der Waals surface area contributed by atoms with Crippen LogP contribution in [0.4, 0.5) is 4.39 Å². The maximum absolute atomic E-state index is 13.1. The molecule has 1 aliphatic heterocycles. The van der Waals surface area contributed by atoms with E-state index in [0.29, 0.717) is 5.92 Å². The zero-order valence-corrected chi connectivity index (χ0v) is 11.5. The second-order valence-electron chi connectivity index (χ2n) is 5.10. The molecule has 1 N–H and O–H groups in total. The van der Waals surface area contributed by atoms with Crippen LogP contribution in [0, 0.1) is 5.82 Å². The highest BCUT2D eigenvalue weighted by molar-refractivity contribution is 5.40. The Morgan fingerprint density at radius 1 is 1.15 bits per heavy atom. The number of halogens is 1. The quantitative estimate of drug-likeness (QED) is 0.920. The van der Waals surface area contributed by atoms with Crippen LogP contribution in [-0.4, -0.2) is 13.7 Å². The van der Waals surface area contributed by atoms with Gasteiger partial charge in [0.25, 0.3) is 0 Å². The molecule has 0 radical (unpaired) electrons. The van der Waals surface area contributed by atoms with E-state index < -0.39 is 0 Å². The van der Waals surface area contributed by atoms with Crippen molar-refractivity contribution in [2.24, 2.45) is 0 Å². The van der Waals surface area contributed by atoms with Crippen molar-refractivity contribution in [1.82, 2.24) is 5.32 Å². The molecule has 1 heterocycles. The van der Waals surface area contributed by atoms with Crippen LogP contribution in [0.2, 0.25) is 0 Å². The number of benzene rings is 2. The summed E-state index contributed by atoms with van der Waals surface area (Å²) in [5.41, 5.74) is 2.33. The molecule has 2 nitrogen and oxygen atoms in total. The number of ether oxygens (including phenoxy) is 1. The molecule has 0 fully saturated rings. The molecule has 2 aromatic carbocycles. The maximum Gasteiger partial charge on any atom is 0.123 e. The van der Waals surface area contributed by atoms with Crippen LogP contribution < -0.4 is 10.1 Å². The van der Waals surface area contributed by atoms with Gasteiger partial charge in [-0.05, 0) is 42.8 Å². The first kappa shape index (κ1) is 13.1. The smallest absolute Gasteiger partial charge is 0.123 e. The molecular weight excluding hydrogens is 253 g/mol. The van der Waals surface area contributed by atoms with E-state index in [2.05, 4.69) is 11.4 Å². The van der Waals surface area contributed by atoms with E-state index in [0.717, 1.165) is 24.3 Å². The number of para-hydroxylation sites is 1. The lowest BCUT2D eigenvalue weighted by molar-refractivity contribution is 0.248. The molecule has 104 valence electrons. The van der Waals surface area contributed by atoms with Gasteiger partial charge in [0.1, 0.15) is 11.6 Å². The lowest BCUT2D eigenvalue weighted by Crippen LogP contribution is -2.28. The summed E-state index contributed by atoms with van der Waals surface area (Å²) in [6.45, 7) is 0.723. The third kappa shape index (κ3) is 2.41. The number of likely N-dealkylation sites (N-methyl/N-ethyl adjacent to an activating group) is 1. The molecule has 0 saturated carbocycles. The number of fused-ring (bicyclic) bond motifs is 1. The molecule has 0 bridgehead atoms. The van der Waals surface area contributed by atoms with Crippen LogP contribution in [-0.2, 0) is 0 Å². The van der Waals surface area contributed by atoms with E-state index in [1.807, 2.05) is 37.4 Å². The van der Waals surface area contributed by atoms with Crippen molar-refractivity contribution >= 4 is 0 Å². The average molecular weight is 271 g/mol. The van der Waals surface area contributed by atoms with E-state index in [1.165, 1.54) is 17.7 Å². The average Bonchev–Trinajstić information content (AvgIpc) is 2.50. The summed E-state index contributed by atoms with van der Waals surface area (Å²) in [5, 5.41) is 3.37. The predicted octanol–water partition coefficient (Wildman–Crippen LogP) is 3.65. The van der Waals surface area contributed by atoms with Crippen LogP contribution in [0.3, 0.4) is 0 Å². The Kier molecular flexibility index (Phi) is 3.70. The predicted molar refractivity (Wildman–Crippen MR) is 77.5 cm³/mol. The molecule has 0 aromatic heterocycles. The lowest BCUT2D eigenvalue weighted by Gasteiger charge is -2.32. The Hall–Kier alpha value is -1.87. The first-order valence-electron chi connectivity index (χ1n) is 6.94.